The second-order valence-corrected chi connectivity index (χ2v) is 4.42. The zero-order valence-corrected chi connectivity index (χ0v) is 9.96. The first-order valence-corrected chi connectivity index (χ1v) is 5.71. The molecule has 0 bridgehead atoms. The number of hydrogen-bond donors (Lipinski definition) is 1. The first-order valence-electron chi connectivity index (χ1n) is 4.08. The van der Waals surface area contributed by atoms with Crippen LogP contribution in [0.2, 0.25) is 0 Å². The Kier molecular flexibility index (Phi) is 2.83. The number of hydrogen-bond acceptors (Lipinski definition) is 5. The van der Waals surface area contributed by atoms with E-state index in [1.54, 1.807) is 17.0 Å². The summed E-state index contributed by atoms with van der Waals surface area (Å²) in [5.74, 6) is 0. The summed E-state index contributed by atoms with van der Waals surface area (Å²) in [5.41, 5.74) is 6.42. The van der Waals surface area contributed by atoms with Gasteiger partial charge in [-0.25, -0.2) is 0 Å². The summed E-state index contributed by atoms with van der Waals surface area (Å²) in [5, 5.41) is 5.76. The van der Waals surface area contributed by atoms with E-state index in [0.717, 1.165) is 5.69 Å². The molecule has 2 N–H and O–H groups in total. The summed E-state index contributed by atoms with van der Waals surface area (Å²) in [4.78, 5) is 11.3. The van der Waals surface area contributed by atoms with Crippen molar-refractivity contribution >= 4 is 33.1 Å². The lowest BCUT2D eigenvalue weighted by Gasteiger charge is -2.05. The first kappa shape index (κ1) is 10.3. The van der Waals surface area contributed by atoms with Crippen molar-refractivity contribution in [1.29, 1.82) is 0 Å². The standard InChI is InChI=1S/C8H7BrN4OS/c9-6-2-13(3-7(10)8(6)14)1-5-4-15-12-11-5/h2-4H,1,10H2. The number of nitrogen functional groups attached to an aromatic ring is 1. The highest BCUT2D eigenvalue weighted by atomic mass is 79.9. The van der Waals surface area contributed by atoms with Crippen molar-refractivity contribution in [3.63, 3.8) is 0 Å². The number of nitrogens with zero attached hydrogens (tertiary/aromatic N) is 3. The van der Waals surface area contributed by atoms with Crippen molar-refractivity contribution in [2.75, 3.05) is 5.73 Å². The van der Waals surface area contributed by atoms with Gasteiger partial charge in [-0.3, -0.25) is 4.79 Å². The second kappa shape index (κ2) is 4.11. The minimum Gasteiger partial charge on any atom is -0.394 e. The third-order valence-corrected chi connectivity index (χ3v) is 2.93. The molecule has 0 aliphatic heterocycles. The highest BCUT2D eigenvalue weighted by Crippen LogP contribution is 2.08. The number of nitrogens with two attached hydrogens (primary N) is 1. The van der Waals surface area contributed by atoms with Crippen LogP contribution in [-0.2, 0) is 6.54 Å². The molecule has 2 aromatic rings. The molecule has 0 spiro atoms. The summed E-state index contributed by atoms with van der Waals surface area (Å²) < 4.78 is 5.99. The van der Waals surface area contributed by atoms with Crippen LogP contribution >= 0.6 is 27.5 Å². The Labute approximate surface area is 97.8 Å². The Morgan fingerprint density at radius 2 is 2.33 bits per heavy atom. The molecule has 7 heteroatoms. The molecule has 0 aliphatic carbocycles. The number of anilines is 1. The van der Waals surface area contributed by atoms with Gasteiger partial charge in [0, 0.05) is 17.8 Å². The van der Waals surface area contributed by atoms with E-state index in [1.807, 2.05) is 5.38 Å². The van der Waals surface area contributed by atoms with Gasteiger partial charge in [-0.1, -0.05) is 4.49 Å². The predicted octanol–water partition coefficient (Wildman–Crippen LogP) is 1.09. The maximum atomic E-state index is 11.3. The molecule has 0 aromatic carbocycles. The van der Waals surface area contributed by atoms with E-state index < -0.39 is 0 Å². The molecule has 0 unspecified atom stereocenters. The molecule has 0 atom stereocenters. The maximum Gasteiger partial charge on any atom is 0.218 e. The molecule has 0 aliphatic rings. The minimum absolute atomic E-state index is 0.192. The molecule has 2 aromatic heterocycles. The van der Waals surface area contributed by atoms with Crippen molar-refractivity contribution in [2.45, 2.75) is 6.54 Å². The lowest BCUT2D eigenvalue weighted by atomic mass is 10.4. The average Bonchev–Trinajstić information content (AvgIpc) is 2.66. The van der Waals surface area contributed by atoms with E-state index in [9.17, 15) is 4.79 Å². The van der Waals surface area contributed by atoms with Crippen LogP contribution in [0.15, 0.2) is 27.0 Å². The van der Waals surface area contributed by atoms with Crippen LogP contribution < -0.4 is 11.2 Å². The third-order valence-electron chi connectivity index (χ3n) is 1.81. The second-order valence-electron chi connectivity index (χ2n) is 2.96. The minimum atomic E-state index is -0.192. The van der Waals surface area contributed by atoms with Crippen molar-refractivity contribution in [1.82, 2.24) is 14.2 Å². The fourth-order valence-electron chi connectivity index (χ4n) is 1.15. The van der Waals surface area contributed by atoms with Crippen LogP contribution in [-0.4, -0.2) is 14.2 Å². The Bertz CT molecular complexity index is 496. The fourth-order valence-corrected chi connectivity index (χ4v) is 2.08. The van der Waals surface area contributed by atoms with Crippen LogP contribution in [0.25, 0.3) is 0 Å². The number of halogens is 1. The van der Waals surface area contributed by atoms with Crippen LogP contribution in [0.3, 0.4) is 0 Å². The molecular formula is C8H7BrN4OS. The van der Waals surface area contributed by atoms with E-state index in [1.165, 1.54) is 11.5 Å². The zero-order chi connectivity index (χ0) is 10.8. The van der Waals surface area contributed by atoms with Crippen molar-refractivity contribution in [3.8, 4) is 0 Å². The van der Waals surface area contributed by atoms with E-state index in [2.05, 4.69) is 25.5 Å². The van der Waals surface area contributed by atoms with Gasteiger partial charge < -0.3 is 10.3 Å². The summed E-state index contributed by atoms with van der Waals surface area (Å²) in [7, 11) is 0. The third kappa shape index (κ3) is 2.24. The highest BCUT2D eigenvalue weighted by molar-refractivity contribution is 9.10. The molecule has 78 valence electrons. The SMILES string of the molecule is Nc1cn(Cc2csnn2)cc(Br)c1=O. The smallest absolute Gasteiger partial charge is 0.218 e. The largest absolute Gasteiger partial charge is 0.394 e. The highest BCUT2D eigenvalue weighted by Gasteiger charge is 2.03. The summed E-state index contributed by atoms with van der Waals surface area (Å²) >= 11 is 4.45. The van der Waals surface area contributed by atoms with Gasteiger partial charge >= 0.3 is 0 Å². The molecule has 5 nitrogen and oxygen atoms in total. The lowest BCUT2D eigenvalue weighted by Crippen LogP contribution is -2.13. The van der Waals surface area contributed by atoms with Crippen molar-refractivity contribution in [2.24, 2.45) is 0 Å². The van der Waals surface area contributed by atoms with Gasteiger partial charge in [-0.05, 0) is 27.5 Å². The van der Waals surface area contributed by atoms with Gasteiger partial charge in [0.1, 0.15) is 0 Å². The zero-order valence-electron chi connectivity index (χ0n) is 7.55. The molecular weight excluding hydrogens is 280 g/mol. The van der Waals surface area contributed by atoms with E-state index in [0.29, 0.717) is 11.0 Å². The molecule has 0 amide bonds. The number of rotatable bonds is 2. The van der Waals surface area contributed by atoms with E-state index in [4.69, 9.17) is 5.73 Å². The van der Waals surface area contributed by atoms with Gasteiger partial charge in [0.2, 0.25) is 5.43 Å². The van der Waals surface area contributed by atoms with Gasteiger partial charge in [-0.15, -0.1) is 5.10 Å². The number of pyridine rings is 1. The summed E-state index contributed by atoms with van der Waals surface area (Å²) in [6.07, 6.45) is 3.27. The van der Waals surface area contributed by atoms with Gasteiger partial charge in [0.05, 0.1) is 22.4 Å². The van der Waals surface area contributed by atoms with Crippen LogP contribution in [0.1, 0.15) is 5.69 Å². The fraction of sp³-hybridized carbons (Fsp3) is 0.125. The molecule has 2 heterocycles. The maximum absolute atomic E-state index is 11.3. The van der Waals surface area contributed by atoms with Gasteiger partial charge in [0.15, 0.2) is 0 Å². The van der Waals surface area contributed by atoms with Crippen LogP contribution in [0.4, 0.5) is 5.69 Å². The molecule has 0 fully saturated rings. The van der Waals surface area contributed by atoms with Crippen LogP contribution in [0, 0.1) is 0 Å². The molecule has 0 saturated carbocycles. The normalized spacial score (nSPS) is 10.5. The predicted molar refractivity (Wildman–Crippen MR) is 61.8 cm³/mol. The van der Waals surface area contributed by atoms with E-state index >= 15 is 0 Å². The van der Waals surface area contributed by atoms with Gasteiger partial charge in [-0.2, -0.15) is 0 Å². The molecule has 15 heavy (non-hydrogen) atoms. The van der Waals surface area contributed by atoms with Crippen molar-refractivity contribution in [3.05, 3.63) is 38.2 Å². The molecule has 2 rings (SSSR count). The first-order chi connectivity index (χ1) is 7.16. The lowest BCUT2D eigenvalue weighted by molar-refractivity contribution is 0.759. The summed E-state index contributed by atoms with van der Waals surface area (Å²) in [6, 6.07) is 0. The summed E-state index contributed by atoms with van der Waals surface area (Å²) in [6.45, 7) is 0.555. The Morgan fingerprint density at radius 1 is 1.53 bits per heavy atom. The Morgan fingerprint density at radius 3 is 2.93 bits per heavy atom. The Balaban J connectivity index is 2.34. The van der Waals surface area contributed by atoms with Gasteiger partial charge in [0.25, 0.3) is 0 Å². The van der Waals surface area contributed by atoms with E-state index in [-0.39, 0.29) is 11.1 Å². The monoisotopic (exact) mass is 286 g/mol. The molecule has 0 radical (unpaired) electrons. The average molecular weight is 287 g/mol. The number of aromatic nitrogens is 3. The Hall–Kier alpha value is -1.21. The quantitative estimate of drug-likeness (QED) is 0.897. The van der Waals surface area contributed by atoms with Crippen LogP contribution in [0.5, 0.6) is 0 Å². The molecule has 0 saturated heterocycles. The van der Waals surface area contributed by atoms with Crippen molar-refractivity contribution < 1.29 is 0 Å². The topological polar surface area (TPSA) is 73.8 Å².